The first-order valence-corrected chi connectivity index (χ1v) is 5.86. The van der Waals surface area contributed by atoms with Crippen molar-refractivity contribution in [2.45, 2.75) is 0 Å². The fourth-order valence-corrected chi connectivity index (χ4v) is 2.23. The number of rotatable bonds is 2. The number of amides is 2. The Balaban J connectivity index is 2.16. The standard InChI is InChI=1S/C15H8FNO3/c16-10-5-6-13(9(7-10)8-18)17-14(19)11-3-1-2-4-12(11)15(17)20/h1-8H. The lowest BCUT2D eigenvalue weighted by molar-refractivity contribution is 0.0926. The van der Waals surface area contributed by atoms with Crippen LogP contribution < -0.4 is 4.90 Å². The first-order chi connectivity index (χ1) is 9.63. The Morgan fingerprint density at radius 1 is 0.950 bits per heavy atom. The SMILES string of the molecule is O=Cc1cc(F)ccc1N1C(=O)c2ccccc2C1=O. The molecule has 0 radical (unpaired) electrons. The summed E-state index contributed by atoms with van der Waals surface area (Å²) in [7, 11) is 0. The van der Waals surface area contributed by atoms with Crippen LogP contribution >= 0.6 is 0 Å². The predicted octanol–water partition coefficient (Wildman–Crippen LogP) is 2.44. The zero-order chi connectivity index (χ0) is 14.3. The van der Waals surface area contributed by atoms with Crippen molar-refractivity contribution in [2.24, 2.45) is 0 Å². The van der Waals surface area contributed by atoms with Gasteiger partial charge < -0.3 is 0 Å². The number of imide groups is 1. The topological polar surface area (TPSA) is 54.5 Å². The molecule has 0 aliphatic carbocycles. The molecule has 5 heteroatoms. The Bertz CT molecular complexity index is 720. The highest BCUT2D eigenvalue weighted by Gasteiger charge is 2.37. The van der Waals surface area contributed by atoms with Crippen molar-refractivity contribution < 1.29 is 18.8 Å². The fourth-order valence-electron chi connectivity index (χ4n) is 2.23. The summed E-state index contributed by atoms with van der Waals surface area (Å²) in [6, 6.07) is 9.73. The van der Waals surface area contributed by atoms with Crippen LogP contribution in [0.5, 0.6) is 0 Å². The summed E-state index contributed by atoms with van der Waals surface area (Å²) in [5.74, 6) is -1.63. The van der Waals surface area contributed by atoms with E-state index >= 15 is 0 Å². The van der Waals surface area contributed by atoms with Gasteiger partial charge in [-0.1, -0.05) is 12.1 Å². The van der Waals surface area contributed by atoms with Crippen LogP contribution in [0, 0.1) is 5.82 Å². The summed E-state index contributed by atoms with van der Waals surface area (Å²) in [6.07, 6.45) is 0.419. The number of fused-ring (bicyclic) bond motifs is 1. The van der Waals surface area contributed by atoms with Gasteiger partial charge in [-0.25, -0.2) is 9.29 Å². The average Bonchev–Trinajstić information content (AvgIpc) is 2.72. The molecule has 2 aromatic rings. The second-order valence-electron chi connectivity index (χ2n) is 4.31. The first kappa shape index (κ1) is 12.2. The molecule has 0 saturated heterocycles. The normalized spacial score (nSPS) is 13.6. The van der Waals surface area contributed by atoms with Crippen LogP contribution in [0.4, 0.5) is 10.1 Å². The zero-order valence-corrected chi connectivity index (χ0v) is 10.2. The molecular formula is C15H8FNO3. The van der Waals surface area contributed by atoms with E-state index in [0.717, 1.165) is 17.0 Å². The largest absolute Gasteiger partial charge is 0.298 e. The fraction of sp³-hybridized carbons (Fsp3) is 0. The van der Waals surface area contributed by atoms with Gasteiger partial charge in [0, 0.05) is 5.56 Å². The third-order valence-electron chi connectivity index (χ3n) is 3.15. The van der Waals surface area contributed by atoms with Crippen LogP contribution in [-0.2, 0) is 0 Å². The van der Waals surface area contributed by atoms with Crippen molar-refractivity contribution >= 4 is 23.8 Å². The Morgan fingerprint density at radius 2 is 1.55 bits per heavy atom. The van der Waals surface area contributed by atoms with E-state index in [4.69, 9.17) is 0 Å². The number of anilines is 1. The summed E-state index contributed by atoms with van der Waals surface area (Å²) in [4.78, 5) is 36.4. The van der Waals surface area contributed by atoms with Gasteiger partial charge in [0.2, 0.25) is 0 Å². The van der Waals surface area contributed by atoms with Crippen LogP contribution in [0.2, 0.25) is 0 Å². The minimum atomic E-state index is -0.604. The summed E-state index contributed by atoms with van der Waals surface area (Å²) in [6.45, 7) is 0. The van der Waals surface area contributed by atoms with Crippen molar-refractivity contribution in [3.8, 4) is 0 Å². The Hall–Kier alpha value is -2.82. The van der Waals surface area contributed by atoms with Crippen LogP contribution in [-0.4, -0.2) is 18.1 Å². The molecule has 0 spiro atoms. The van der Waals surface area contributed by atoms with E-state index in [1.165, 1.54) is 6.07 Å². The average molecular weight is 269 g/mol. The molecule has 1 aliphatic rings. The Kier molecular flexibility index (Phi) is 2.68. The quantitative estimate of drug-likeness (QED) is 0.621. The number of carbonyl (C=O) groups is 3. The monoisotopic (exact) mass is 269 g/mol. The lowest BCUT2D eigenvalue weighted by Crippen LogP contribution is -2.30. The van der Waals surface area contributed by atoms with Gasteiger partial charge in [-0.2, -0.15) is 0 Å². The molecule has 0 fully saturated rings. The minimum absolute atomic E-state index is 0.0421. The van der Waals surface area contributed by atoms with E-state index in [0.29, 0.717) is 6.29 Å². The van der Waals surface area contributed by atoms with Gasteiger partial charge in [-0.3, -0.25) is 14.4 Å². The summed E-state index contributed by atoms with van der Waals surface area (Å²) >= 11 is 0. The van der Waals surface area contributed by atoms with Crippen molar-refractivity contribution in [3.05, 3.63) is 65.0 Å². The molecule has 1 heterocycles. The molecule has 3 rings (SSSR count). The van der Waals surface area contributed by atoms with Gasteiger partial charge in [-0.15, -0.1) is 0 Å². The molecule has 0 unspecified atom stereocenters. The summed E-state index contributed by atoms with van der Waals surface area (Å²) in [5.41, 5.74) is 0.601. The molecule has 0 bridgehead atoms. The minimum Gasteiger partial charge on any atom is -0.298 e. The van der Waals surface area contributed by atoms with Crippen LogP contribution in [0.15, 0.2) is 42.5 Å². The zero-order valence-electron chi connectivity index (χ0n) is 10.2. The van der Waals surface area contributed by atoms with E-state index in [1.54, 1.807) is 24.3 Å². The highest BCUT2D eigenvalue weighted by molar-refractivity contribution is 6.35. The van der Waals surface area contributed by atoms with E-state index < -0.39 is 17.6 Å². The molecule has 0 atom stereocenters. The Labute approximate surface area is 113 Å². The smallest absolute Gasteiger partial charge is 0.266 e. The van der Waals surface area contributed by atoms with Gasteiger partial charge in [0.05, 0.1) is 16.8 Å². The number of halogens is 1. The van der Waals surface area contributed by atoms with Crippen molar-refractivity contribution in [1.29, 1.82) is 0 Å². The lowest BCUT2D eigenvalue weighted by Gasteiger charge is -2.15. The van der Waals surface area contributed by atoms with Crippen molar-refractivity contribution in [2.75, 3.05) is 4.90 Å². The highest BCUT2D eigenvalue weighted by atomic mass is 19.1. The van der Waals surface area contributed by atoms with Crippen molar-refractivity contribution in [1.82, 2.24) is 0 Å². The molecule has 98 valence electrons. The third-order valence-corrected chi connectivity index (χ3v) is 3.15. The van der Waals surface area contributed by atoms with Crippen LogP contribution in [0.25, 0.3) is 0 Å². The molecule has 20 heavy (non-hydrogen) atoms. The van der Waals surface area contributed by atoms with Gasteiger partial charge in [0.25, 0.3) is 11.8 Å². The van der Waals surface area contributed by atoms with E-state index in [-0.39, 0.29) is 22.4 Å². The number of carbonyl (C=O) groups excluding carboxylic acids is 3. The van der Waals surface area contributed by atoms with Crippen LogP contribution in [0.3, 0.4) is 0 Å². The first-order valence-electron chi connectivity index (χ1n) is 5.86. The van der Waals surface area contributed by atoms with Crippen molar-refractivity contribution in [3.63, 3.8) is 0 Å². The molecule has 1 aliphatic heterocycles. The maximum absolute atomic E-state index is 13.1. The molecule has 4 nitrogen and oxygen atoms in total. The number of nitrogens with zero attached hydrogens (tertiary/aromatic N) is 1. The molecule has 2 aromatic carbocycles. The number of hydrogen-bond donors (Lipinski definition) is 0. The molecule has 0 N–H and O–H groups in total. The molecule has 0 aromatic heterocycles. The van der Waals surface area contributed by atoms with Gasteiger partial charge >= 0.3 is 0 Å². The second kappa shape index (κ2) is 4.38. The molecule has 0 saturated carbocycles. The Morgan fingerprint density at radius 3 is 2.10 bits per heavy atom. The summed E-state index contributed by atoms with van der Waals surface area (Å²) < 4.78 is 13.1. The van der Waals surface area contributed by atoms with Gasteiger partial charge in [0.15, 0.2) is 6.29 Å². The maximum Gasteiger partial charge on any atom is 0.266 e. The number of aldehydes is 1. The highest BCUT2D eigenvalue weighted by Crippen LogP contribution is 2.30. The van der Waals surface area contributed by atoms with Gasteiger partial charge in [0.1, 0.15) is 5.82 Å². The van der Waals surface area contributed by atoms with E-state index in [9.17, 15) is 18.8 Å². The van der Waals surface area contributed by atoms with E-state index in [1.807, 2.05) is 0 Å². The van der Waals surface area contributed by atoms with Crippen LogP contribution in [0.1, 0.15) is 31.1 Å². The number of benzene rings is 2. The second-order valence-corrected chi connectivity index (χ2v) is 4.31. The maximum atomic E-state index is 13.1. The molecular weight excluding hydrogens is 261 g/mol. The number of hydrogen-bond acceptors (Lipinski definition) is 3. The van der Waals surface area contributed by atoms with Gasteiger partial charge in [-0.05, 0) is 30.3 Å². The predicted molar refractivity (Wildman–Crippen MR) is 69.4 cm³/mol. The molecule has 2 amide bonds. The lowest BCUT2D eigenvalue weighted by atomic mass is 10.1. The summed E-state index contributed by atoms with van der Waals surface area (Å²) in [5, 5.41) is 0. The third kappa shape index (κ3) is 1.64. The van der Waals surface area contributed by atoms with E-state index in [2.05, 4.69) is 0 Å².